The van der Waals surface area contributed by atoms with Crippen LogP contribution < -0.4 is 5.73 Å². The summed E-state index contributed by atoms with van der Waals surface area (Å²) in [5.41, 5.74) is 6.00. The Morgan fingerprint density at radius 3 is 2.46 bits per heavy atom. The van der Waals surface area contributed by atoms with Crippen LogP contribution in [0.2, 0.25) is 0 Å². The van der Waals surface area contributed by atoms with Crippen molar-refractivity contribution < 1.29 is 0 Å². The van der Waals surface area contributed by atoms with E-state index < -0.39 is 0 Å². The lowest BCUT2D eigenvalue weighted by Crippen LogP contribution is -2.44. The molecule has 1 saturated heterocycles. The van der Waals surface area contributed by atoms with E-state index in [4.69, 9.17) is 5.73 Å². The molecule has 1 heterocycles. The van der Waals surface area contributed by atoms with Crippen LogP contribution in [0.3, 0.4) is 0 Å². The topological polar surface area (TPSA) is 29.3 Å². The molecule has 1 saturated carbocycles. The highest BCUT2D eigenvalue weighted by molar-refractivity contribution is 4.90. The smallest absolute Gasteiger partial charge is 0.0226 e. The molecule has 2 N–H and O–H groups in total. The van der Waals surface area contributed by atoms with Crippen LogP contribution in [0.1, 0.15) is 33.1 Å². The van der Waals surface area contributed by atoms with Crippen molar-refractivity contribution in [2.24, 2.45) is 17.6 Å². The molecule has 0 aromatic rings. The average molecular weight is 182 g/mol. The van der Waals surface area contributed by atoms with Crippen LogP contribution in [0, 0.1) is 11.8 Å². The normalized spacial score (nSPS) is 31.2. The predicted octanol–water partition coefficient (Wildman–Crippen LogP) is 1.46. The van der Waals surface area contributed by atoms with Gasteiger partial charge in [0.15, 0.2) is 0 Å². The molecular weight excluding hydrogens is 160 g/mol. The summed E-state index contributed by atoms with van der Waals surface area (Å²) in [7, 11) is 0. The summed E-state index contributed by atoms with van der Waals surface area (Å²) in [4.78, 5) is 2.54. The van der Waals surface area contributed by atoms with Gasteiger partial charge in [0, 0.05) is 18.6 Å². The van der Waals surface area contributed by atoms with Gasteiger partial charge in [-0.3, -0.25) is 0 Å². The summed E-state index contributed by atoms with van der Waals surface area (Å²) in [6.07, 6.45) is 4.40. The van der Waals surface area contributed by atoms with Crippen LogP contribution in [-0.4, -0.2) is 30.1 Å². The summed E-state index contributed by atoms with van der Waals surface area (Å²) in [6.45, 7) is 7.90. The zero-order chi connectivity index (χ0) is 9.47. The van der Waals surface area contributed by atoms with Crippen molar-refractivity contribution in [3.63, 3.8) is 0 Å². The van der Waals surface area contributed by atoms with Gasteiger partial charge in [-0.15, -0.1) is 0 Å². The molecule has 0 amide bonds. The molecule has 0 radical (unpaired) electrons. The first-order valence-electron chi connectivity index (χ1n) is 5.56. The third kappa shape index (κ3) is 2.68. The molecular formula is C11H22N2. The van der Waals surface area contributed by atoms with E-state index in [9.17, 15) is 0 Å². The van der Waals surface area contributed by atoms with Crippen LogP contribution >= 0.6 is 0 Å². The number of rotatable bonds is 3. The van der Waals surface area contributed by atoms with Crippen LogP contribution in [0.25, 0.3) is 0 Å². The van der Waals surface area contributed by atoms with Crippen molar-refractivity contribution in [1.29, 1.82) is 0 Å². The van der Waals surface area contributed by atoms with Crippen molar-refractivity contribution in [2.45, 2.75) is 38.6 Å². The number of likely N-dealkylation sites (tertiary alicyclic amines) is 1. The Kier molecular flexibility index (Phi) is 2.37. The fourth-order valence-electron chi connectivity index (χ4n) is 2.53. The number of nitrogens with two attached hydrogens (primary N) is 1. The molecule has 0 spiro atoms. The lowest BCUT2D eigenvalue weighted by atomic mass is 10.0. The Labute approximate surface area is 81.5 Å². The molecule has 2 aliphatic rings. The van der Waals surface area contributed by atoms with Gasteiger partial charge in [-0.1, -0.05) is 0 Å². The zero-order valence-corrected chi connectivity index (χ0v) is 8.92. The van der Waals surface area contributed by atoms with Gasteiger partial charge in [-0.25, -0.2) is 0 Å². The Morgan fingerprint density at radius 1 is 1.23 bits per heavy atom. The second-order valence-electron chi connectivity index (χ2n) is 5.61. The quantitative estimate of drug-likeness (QED) is 0.716. The molecule has 2 nitrogen and oxygen atoms in total. The fourth-order valence-corrected chi connectivity index (χ4v) is 2.53. The number of hydrogen-bond donors (Lipinski definition) is 1. The lowest BCUT2D eigenvalue weighted by molar-refractivity contribution is 0.259. The maximum atomic E-state index is 6.01. The average Bonchev–Trinajstić information content (AvgIpc) is 2.72. The zero-order valence-electron chi connectivity index (χ0n) is 8.92. The summed E-state index contributed by atoms with van der Waals surface area (Å²) < 4.78 is 0. The van der Waals surface area contributed by atoms with E-state index in [1.807, 2.05) is 0 Å². The van der Waals surface area contributed by atoms with Crippen molar-refractivity contribution in [3.8, 4) is 0 Å². The van der Waals surface area contributed by atoms with Crippen molar-refractivity contribution in [2.75, 3.05) is 19.6 Å². The third-order valence-corrected chi connectivity index (χ3v) is 3.23. The summed E-state index contributed by atoms with van der Waals surface area (Å²) >= 11 is 0. The van der Waals surface area contributed by atoms with E-state index in [-0.39, 0.29) is 5.54 Å². The number of nitrogens with zero attached hydrogens (tertiary/aromatic N) is 1. The molecule has 0 aromatic heterocycles. The summed E-state index contributed by atoms with van der Waals surface area (Å²) in [5, 5.41) is 0. The minimum Gasteiger partial charge on any atom is -0.324 e. The molecule has 1 unspecified atom stereocenters. The van der Waals surface area contributed by atoms with Gasteiger partial charge in [-0.2, -0.15) is 0 Å². The highest BCUT2D eigenvalue weighted by Crippen LogP contribution is 2.41. The van der Waals surface area contributed by atoms with Crippen molar-refractivity contribution in [3.05, 3.63) is 0 Å². The van der Waals surface area contributed by atoms with Crippen LogP contribution in [-0.2, 0) is 0 Å². The van der Waals surface area contributed by atoms with E-state index in [1.54, 1.807) is 0 Å². The second kappa shape index (κ2) is 3.25. The third-order valence-electron chi connectivity index (χ3n) is 3.23. The van der Waals surface area contributed by atoms with Gasteiger partial charge in [0.1, 0.15) is 0 Å². The maximum absolute atomic E-state index is 6.01. The van der Waals surface area contributed by atoms with Crippen LogP contribution in [0.4, 0.5) is 0 Å². The lowest BCUT2D eigenvalue weighted by Gasteiger charge is -2.26. The van der Waals surface area contributed by atoms with Crippen molar-refractivity contribution >= 4 is 0 Å². The van der Waals surface area contributed by atoms with Gasteiger partial charge in [0.2, 0.25) is 0 Å². The van der Waals surface area contributed by atoms with Gasteiger partial charge in [0.05, 0.1) is 0 Å². The monoisotopic (exact) mass is 182 g/mol. The van der Waals surface area contributed by atoms with E-state index >= 15 is 0 Å². The molecule has 2 fully saturated rings. The van der Waals surface area contributed by atoms with Gasteiger partial charge < -0.3 is 10.6 Å². The fraction of sp³-hybridized carbons (Fsp3) is 1.00. The molecule has 1 atom stereocenters. The standard InChI is InChI=1S/C11H22N2/c1-11(2,12)8-13-6-5-10(7-13)9-3-4-9/h9-10H,3-8,12H2,1-2H3. The molecule has 2 rings (SSSR count). The van der Waals surface area contributed by atoms with E-state index in [2.05, 4.69) is 18.7 Å². The Bertz CT molecular complexity index is 179. The first-order chi connectivity index (χ1) is 6.04. The largest absolute Gasteiger partial charge is 0.324 e. The van der Waals surface area contributed by atoms with Gasteiger partial charge in [0.25, 0.3) is 0 Å². The molecule has 1 aliphatic heterocycles. The molecule has 1 aliphatic carbocycles. The minimum atomic E-state index is -0.0154. The maximum Gasteiger partial charge on any atom is 0.0226 e. The van der Waals surface area contributed by atoms with E-state index in [0.717, 1.165) is 18.4 Å². The first kappa shape index (κ1) is 9.47. The Morgan fingerprint density at radius 2 is 1.92 bits per heavy atom. The van der Waals surface area contributed by atoms with Gasteiger partial charge >= 0.3 is 0 Å². The minimum absolute atomic E-state index is 0.0154. The molecule has 76 valence electrons. The highest BCUT2D eigenvalue weighted by atomic mass is 15.2. The summed E-state index contributed by atoms with van der Waals surface area (Å²) in [6, 6.07) is 0. The van der Waals surface area contributed by atoms with Crippen molar-refractivity contribution in [1.82, 2.24) is 4.90 Å². The predicted molar refractivity (Wildman–Crippen MR) is 55.5 cm³/mol. The Hall–Kier alpha value is -0.0800. The van der Waals surface area contributed by atoms with Crippen LogP contribution in [0.15, 0.2) is 0 Å². The molecule has 2 heteroatoms. The Balaban J connectivity index is 1.77. The van der Waals surface area contributed by atoms with E-state index in [0.29, 0.717) is 0 Å². The molecule has 0 bridgehead atoms. The highest BCUT2D eigenvalue weighted by Gasteiger charge is 2.36. The number of hydrogen-bond acceptors (Lipinski definition) is 2. The van der Waals surface area contributed by atoms with Gasteiger partial charge in [-0.05, 0) is 51.5 Å². The SMILES string of the molecule is CC(C)(N)CN1CCC(C2CC2)C1. The van der Waals surface area contributed by atoms with E-state index in [1.165, 1.54) is 32.4 Å². The first-order valence-corrected chi connectivity index (χ1v) is 5.56. The van der Waals surface area contributed by atoms with Crippen LogP contribution in [0.5, 0.6) is 0 Å². The molecule has 13 heavy (non-hydrogen) atoms. The second-order valence-corrected chi connectivity index (χ2v) is 5.61. The molecule has 0 aromatic carbocycles. The summed E-state index contributed by atoms with van der Waals surface area (Å²) in [5.74, 6) is 2.08.